The van der Waals surface area contributed by atoms with Crippen molar-refractivity contribution in [3.63, 3.8) is 0 Å². The van der Waals surface area contributed by atoms with E-state index in [4.69, 9.17) is 4.98 Å². The molecule has 6 aromatic rings. The summed E-state index contributed by atoms with van der Waals surface area (Å²) in [5.41, 5.74) is 7.19. The maximum atomic E-state index is 5.20. The van der Waals surface area contributed by atoms with Crippen LogP contribution >= 0.6 is 11.3 Å². The Morgan fingerprint density at radius 3 is 2.02 bits per heavy atom. The van der Waals surface area contributed by atoms with Gasteiger partial charge in [-0.25, -0.2) is 4.98 Å². The summed E-state index contributed by atoms with van der Waals surface area (Å²) in [4.78, 5) is 16.5. The molecule has 0 spiro atoms. The molecule has 0 amide bonds. The second-order valence-corrected chi connectivity index (χ2v) is 10.8. The Labute approximate surface area is 237 Å². The van der Waals surface area contributed by atoms with Gasteiger partial charge in [0.1, 0.15) is 5.01 Å². The molecule has 0 aliphatic carbocycles. The van der Waals surface area contributed by atoms with E-state index in [9.17, 15) is 0 Å². The smallest absolute Gasteiger partial charge is 0.109 e. The van der Waals surface area contributed by atoms with E-state index in [1.54, 1.807) is 11.3 Å². The van der Waals surface area contributed by atoms with E-state index in [-0.39, 0.29) is 0 Å². The Bertz CT molecular complexity index is 1740. The lowest BCUT2D eigenvalue weighted by Crippen LogP contribution is -2.31. The number of hydrogen-bond donors (Lipinski definition) is 0. The molecule has 4 aromatic carbocycles. The third-order valence-corrected chi connectivity index (χ3v) is 8.64. The van der Waals surface area contributed by atoms with E-state index in [2.05, 4.69) is 130 Å². The molecule has 0 saturated carbocycles. The number of hydrogen-bond acceptors (Lipinski definition) is 5. The summed E-state index contributed by atoms with van der Waals surface area (Å²) in [6.07, 6.45) is 8.45. The van der Waals surface area contributed by atoms with Gasteiger partial charge >= 0.3 is 0 Å². The van der Waals surface area contributed by atoms with E-state index in [1.165, 1.54) is 10.3 Å². The average Bonchev–Trinajstić information content (AvgIpc) is 3.48. The molecular formula is C35H26N4S. The van der Waals surface area contributed by atoms with E-state index in [0.717, 1.165) is 38.7 Å². The van der Waals surface area contributed by atoms with Crippen LogP contribution in [0.15, 0.2) is 145 Å². The van der Waals surface area contributed by atoms with Crippen LogP contribution in [0.3, 0.4) is 0 Å². The van der Waals surface area contributed by atoms with Crippen LogP contribution in [-0.4, -0.2) is 16.2 Å². The Balaban J connectivity index is 1.40. The number of aromatic nitrogens is 2. The molecule has 0 fully saturated rings. The zero-order valence-corrected chi connectivity index (χ0v) is 22.6. The van der Waals surface area contributed by atoms with Crippen LogP contribution in [0.1, 0.15) is 22.6 Å². The molecule has 1 unspecified atom stereocenters. The quantitative estimate of drug-likeness (QED) is 0.214. The first-order chi connectivity index (χ1) is 19.8. The van der Waals surface area contributed by atoms with Gasteiger partial charge in [-0.15, -0.1) is 11.3 Å². The molecule has 40 heavy (non-hydrogen) atoms. The highest BCUT2D eigenvalue weighted by atomic mass is 32.1. The van der Waals surface area contributed by atoms with Crippen molar-refractivity contribution in [2.24, 2.45) is 4.99 Å². The first-order valence-corrected chi connectivity index (χ1v) is 14.1. The second-order valence-electron chi connectivity index (χ2n) is 9.77. The van der Waals surface area contributed by atoms with Gasteiger partial charge in [-0.3, -0.25) is 9.98 Å². The first-order valence-electron chi connectivity index (χ1n) is 13.3. The van der Waals surface area contributed by atoms with E-state index in [0.29, 0.717) is 6.42 Å². The van der Waals surface area contributed by atoms with Crippen LogP contribution in [0.4, 0.5) is 17.1 Å². The minimum absolute atomic E-state index is 0.489. The predicted octanol–water partition coefficient (Wildman–Crippen LogP) is 8.96. The van der Waals surface area contributed by atoms with Crippen molar-refractivity contribution in [1.29, 1.82) is 0 Å². The predicted molar refractivity (Wildman–Crippen MR) is 167 cm³/mol. The van der Waals surface area contributed by atoms with Gasteiger partial charge in [0.05, 0.1) is 15.6 Å². The van der Waals surface area contributed by atoms with Gasteiger partial charge in [0, 0.05) is 48.3 Å². The molecule has 7 rings (SSSR count). The van der Waals surface area contributed by atoms with Crippen LogP contribution < -0.4 is 4.90 Å². The molecule has 1 aliphatic rings. The molecular weight excluding hydrogens is 508 g/mol. The van der Waals surface area contributed by atoms with Gasteiger partial charge in [-0.2, -0.15) is 0 Å². The average molecular weight is 535 g/mol. The summed E-state index contributed by atoms with van der Waals surface area (Å²) in [5, 5.41) is 1.06. The molecule has 3 heterocycles. The molecule has 0 saturated heterocycles. The van der Waals surface area contributed by atoms with Crippen molar-refractivity contribution >= 4 is 50.4 Å². The summed E-state index contributed by atoms with van der Waals surface area (Å²) in [6, 6.07) is 42.4. The number of pyridine rings is 1. The van der Waals surface area contributed by atoms with Crippen LogP contribution in [0.2, 0.25) is 0 Å². The van der Waals surface area contributed by atoms with Crippen LogP contribution in [-0.2, 0) is 5.41 Å². The van der Waals surface area contributed by atoms with Crippen molar-refractivity contribution in [3.05, 3.63) is 156 Å². The monoisotopic (exact) mass is 534 g/mol. The lowest BCUT2D eigenvalue weighted by Gasteiger charge is -2.36. The third kappa shape index (κ3) is 4.21. The molecule has 0 radical (unpaired) electrons. The number of nitrogens with zero attached hydrogens (tertiary/aromatic N) is 4. The summed E-state index contributed by atoms with van der Waals surface area (Å²) < 4.78 is 1.18. The lowest BCUT2D eigenvalue weighted by atomic mass is 9.69. The minimum Gasteiger partial charge on any atom is -0.311 e. The lowest BCUT2D eigenvalue weighted by molar-refractivity contribution is 0.687. The van der Waals surface area contributed by atoms with Gasteiger partial charge in [-0.05, 0) is 71.3 Å². The molecule has 1 aliphatic heterocycles. The molecule has 5 heteroatoms. The Hall–Kier alpha value is -4.87. The zero-order chi connectivity index (χ0) is 26.8. The molecule has 192 valence electrons. The second kappa shape index (κ2) is 10.4. The maximum Gasteiger partial charge on any atom is 0.109 e. The largest absolute Gasteiger partial charge is 0.311 e. The number of anilines is 3. The summed E-state index contributed by atoms with van der Waals surface area (Å²) >= 11 is 1.76. The highest BCUT2D eigenvalue weighted by molar-refractivity contribution is 7.18. The van der Waals surface area contributed by atoms with Crippen molar-refractivity contribution in [3.8, 4) is 0 Å². The molecule has 4 nitrogen and oxygen atoms in total. The molecule has 0 N–H and O–H groups in total. The van der Waals surface area contributed by atoms with Gasteiger partial charge < -0.3 is 4.90 Å². The maximum absolute atomic E-state index is 5.20. The van der Waals surface area contributed by atoms with Crippen LogP contribution in [0.5, 0.6) is 0 Å². The number of benzene rings is 4. The Morgan fingerprint density at radius 1 is 0.675 bits per heavy atom. The number of aliphatic imine (C=N–C) groups is 1. The third-order valence-electron chi connectivity index (χ3n) is 7.44. The van der Waals surface area contributed by atoms with Gasteiger partial charge in [0.15, 0.2) is 0 Å². The first kappa shape index (κ1) is 24.2. The van der Waals surface area contributed by atoms with E-state index >= 15 is 0 Å². The Kier molecular flexibility index (Phi) is 6.27. The number of fused-ring (bicyclic) bond motifs is 1. The number of thiazole rings is 1. The fourth-order valence-corrected chi connectivity index (χ4v) is 6.73. The molecule has 0 bridgehead atoms. The van der Waals surface area contributed by atoms with Gasteiger partial charge in [0.25, 0.3) is 0 Å². The summed E-state index contributed by atoms with van der Waals surface area (Å²) in [6.45, 7) is 0. The molecule has 2 aromatic heterocycles. The number of rotatable bonds is 6. The topological polar surface area (TPSA) is 41.4 Å². The van der Waals surface area contributed by atoms with Gasteiger partial charge in [0.2, 0.25) is 0 Å². The zero-order valence-electron chi connectivity index (χ0n) is 21.8. The summed E-state index contributed by atoms with van der Waals surface area (Å²) in [7, 11) is 0. The normalized spacial score (nSPS) is 16.6. The highest BCUT2D eigenvalue weighted by Crippen LogP contribution is 2.50. The summed E-state index contributed by atoms with van der Waals surface area (Å²) in [5.74, 6) is 0. The van der Waals surface area contributed by atoms with E-state index in [1.807, 2.05) is 30.9 Å². The van der Waals surface area contributed by atoms with Crippen molar-refractivity contribution in [1.82, 2.24) is 9.97 Å². The van der Waals surface area contributed by atoms with Crippen molar-refractivity contribution in [2.75, 3.05) is 4.90 Å². The van der Waals surface area contributed by atoms with Gasteiger partial charge in [-0.1, -0.05) is 66.7 Å². The fraction of sp³-hybridized carbons (Fsp3) is 0.0571. The Morgan fingerprint density at radius 2 is 1.35 bits per heavy atom. The van der Waals surface area contributed by atoms with E-state index < -0.39 is 5.41 Å². The van der Waals surface area contributed by atoms with Crippen molar-refractivity contribution < 1.29 is 0 Å². The SMILES string of the molecule is C1=NC=C(c2cccnc2)C(c2ccc(N(c3ccccc3)c3ccccc3)cc2)(c2nc3ccccc3s2)C1. The standard InChI is InChI=1S/C35H26N4S/c1-3-11-28(12-4-1)39(29-13-5-2-6-14-29)30-19-17-27(18-20-30)35(34-38-32-15-7-8-16-33(32)40-34)21-23-37-25-31(35)26-10-9-22-36-24-26/h1-20,22-25H,21H2. The highest BCUT2D eigenvalue weighted by Gasteiger charge is 2.42. The number of para-hydroxylation sites is 3. The van der Waals surface area contributed by atoms with Crippen LogP contribution in [0, 0.1) is 0 Å². The molecule has 1 atom stereocenters. The van der Waals surface area contributed by atoms with Crippen molar-refractivity contribution in [2.45, 2.75) is 11.8 Å². The minimum atomic E-state index is -0.489. The number of allylic oxidation sites excluding steroid dienone is 1. The van der Waals surface area contributed by atoms with Crippen LogP contribution in [0.25, 0.3) is 15.8 Å². The fourth-order valence-electron chi connectivity index (χ4n) is 5.53.